The molecule has 0 N–H and O–H groups in total. The lowest BCUT2D eigenvalue weighted by Gasteiger charge is -2.27. The van der Waals surface area contributed by atoms with Crippen molar-refractivity contribution >= 4 is 90.9 Å². The van der Waals surface area contributed by atoms with Crippen LogP contribution in [0.2, 0.25) is 0 Å². The average Bonchev–Trinajstić information content (AvgIpc) is 3.91. The standard InChI is InChI=1S/C58H37NS2/c1-2-13-38(14-3-1)39-27-31-45(32-28-39)59(54-24-10-16-41-15-4-5-17-47(41)54)46-33-29-40(30-34-46)42-35-43(48-20-11-22-52-50-18-6-8-25-55(50)60-57(48)52)37-44(36-42)49-21-12-23-53-51-19-7-9-26-56(51)61-58(49)53/h1-37H. The summed E-state index contributed by atoms with van der Waals surface area (Å²) >= 11 is 3.78. The molecule has 12 rings (SSSR count). The molecular formula is C58H37NS2. The lowest BCUT2D eigenvalue weighted by molar-refractivity contribution is 1.30. The van der Waals surface area contributed by atoms with Crippen molar-refractivity contribution in [2.45, 2.75) is 0 Å². The van der Waals surface area contributed by atoms with Crippen LogP contribution in [0, 0.1) is 0 Å². The highest BCUT2D eigenvalue weighted by molar-refractivity contribution is 7.26. The van der Waals surface area contributed by atoms with Crippen LogP contribution in [-0.4, -0.2) is 0 Å². The molecule has 0 saturated heterocycles. The zero-order valence-electron chi connectivity index (χ0n) is 33.1. The summed E-state index contributed by atoms with van der Waals surface area (Å²) in [6.45, 7) is 0. The normalized spacial score (nSPS) is 11.6. The van der Waals surface area contributed by atoms with E-state index in [0.717, 1.165) is 17.1 Å². The van der Waals surface area contributed by atoms with Gasteiger partial charge >= 0.3 is 0 Å². The number of nitrogens with zero attached hydrogens (tertiary/aromatic N) is 1. The molecule has 2 aromatic heterocycles. The van der Waals surface area contributed by atoms with Crippen LogP contribution >= 0.6 is 22.7 Å². The molecule has 0 bridgehead atoms. The maximum Gasteiger partial charge on any atom is 0.0540 e. The molecule has 0 radical (unpaired) electrons. The van der Waals surface area contributed by atoms with Gasteiger partial charge in [0.15, 0.2) is 0 Å². The Morgan fingerprint density at radius 2 is 0.705 bits per heavy atom. The first-order valence-electron chi connectivity index (χ1n) is 20.7. The van der Waals surface area contributed by atoms with Gasteiger partial charge in [-0.1, -0.05) is 164 Å². The Balaban J connectivity index is 1.02. The van der Waals surface area contributed by atoms with E-state index in [-0.39, 0.29) is 0 Å². The van der Waals surface area contributed by atoms with Gasteiger partial charge in [-0.2, -0.15) is 0 Å². The van der Waals surface area contributed by atoms with Gasteiger partial charge in [0.1, 0.15) is 0 Å². The van der Waals surface area contributed by atoms with E-state index >= 15 is 0 Å². The van der Waals surface area contributed by atoms with Crippen molar-refractivity contribution in [1.29, 1.82) is 0 Å². The molecule has 0 atom stereocenters. The van der Waals surface area contributed by atoms with Crippen molar-refractivity contribution in [2.24, 2.45) is 0 Å². The SMILES string of the molecule is c1ccc(-c2ccc(N(c3ccc(-c4cc(-c5cccc6c5sc5ccccc56)cc(-c5cccc6c5sc5ccccc56)c4)cc3)c3cccc4ccccc34)cc2)cc1. The molecule has 0 saturated carbocycles. The van der Waals surface area contributed by atoms with Gasteiger partial charge < -0.3 is 4.90 Å². The summed E-state index contributed by atoms with van der Waals surface area (Å²) in [5, 5.41) is 7.69. The number of anilines is 3. The molecule has 286 valence electrons. The van der Waals surface area contributed by atoms with Gasteiger partial charge in [0, 0.05) is 57.1 Å². The smallest absolute Gasteiger partial charge is 0.0540 e. The van der Waals surface area contributed by atoms with Gasteiger partial charge in [0.05, 0.1) is 5.69 Å². The van der Waals surface area contributed by atoms with Crippen LogP contribution in [-0.2, 0) is 0 Å². The highest BCUT2D eigenvalue weighted by Crippen LogP contribution is 2.46. The maximum atomic E-state index is 2.41. The van der Waals surface area contributed by atoms with Gasteiger partial charge in [0.2, 0.25) is 0 Å². The van der Waals surface area contributed by atoms with Crippen molar-refractivity contribution in [2.75, 3.05) is 4.90 Å². The van der Waals surface area contributed by atoms with E-state index < -0.39 is 0 Å². The van der Waals surface area contributed by atoms with Crippen LogP contribution in [0.5, 0.6) is 0 Å². The zero-order chi connectivity index (χ0) is 40.3. The molecule has 1 nitrogen and oxygen atoms in total. The molecule has 0 aliphatic heterocycles. The second-order valence-electron chi connectivity index (χ2n) is 15.7. The molecule has 3 heteroatoms. The number of thiophene rings is 2. The van der Waals surface area contributed by atoms with Crippen molar-refractivity contribution in [3.8, 4) is 44.5 Å². The summed E-state index contributed by atoms with van der Waals surface area (Å²) in [5.41, 5.74) is 13.1. The molecule has 10 aromatic carbocycles. The van der Waals surface area contributed by atoms with E-state index in [1.807, 2.05) is 22.7 Å². The Kier molecular flexibility index (Phi) is 8.62. The first-order valence-corrected chi connectivity index (χ1v) is 22.4. The van der Waals surface area contributed by atoms with Crippen LogP contribution in [0.15, 0.2) is 224 Å². The first kappa shape index (κ1) is 35.6. The van der Waals surface area contributed by atoms with E-state index in [2.05, 4.69) is 229 Å². The minimum atomic E-state index is 1.11. The summed E-state index contributed by atoms with van der Waals surface area (Å²) in [6, 6.07) is 82.4. The molecule has 0 aliphatic rings. The average molecular weight is 812 g/mol. The fraction of sp³-hybridized carbons (Fsp3) is 0. The van der Waals surface area contributed by atoms with Gasteiger partial charge in [-0.15, -0.1) is 22.7 Å². The molecule has 2 heterocycles. The fourth-order valence-electron chi connectivity index (χ4n) is 9.12. The largest absolute Gasteiger partial charge is 0.310 e. The predicted octanol–water partition coefficient (Wildman–Crippen LogP) is 17.7. The van der Waals surface area contributed by atoms with Crippen molar-refractivity contribution in [3.63, 3.8) is 0 Å². The van der Waals surface area contributed by atoms with Crippen molar-refractivity contribution in [3.05, 3.63) is 224 Å². The second-order valence-corrected chi connectivity index (χ2v) is 17.8. The van der Waals surface area contributed by atoms with Gasteiger partial charge in [-0.05, 0) is 111 Å². The first-order chi connectivity index (χ1) is 30.2. The van der Waals surface area contributed by atoms with Crippen LogP contribution in [0.25, 0.3) is 95.6 Å². The highest BCUT2D eigenvalue weighted by Gasteiger charge is 2.18. The third kappa shape index (κ3) is 6.21. The Hall–Kier alpha value is -7.30. The summed E-state index contributed by atoms with van der Waals surface area (Å²) < 4.78 is 5.28. The zero-order valence-corrected chi connectivity index (χ0v) is 34.8. The maximum absolute atomic E-state index is 2.41. The van der Waals surface area contributed by atoms with E-state index in [1.165, 1.54) is 95.6 Å². The van der Waals surface area contributed by atoms with Gasteiger partial charge in [-0.25, -0.2) is 0 Å². The molecule has 12 aromatic rings. The molecule has 0 unspecified atom stereocenters. The van der Waals surface area contributed by atoms with E-state index in [0.29, 0.717) is 0 Å². The van der Waals surface area contributed by atoms with E-state index in [1.54, 1.807) is 0 Å². The van der Waals surface area contributed by atoms with Crippen LogP contribution in [0.3, 0.4) is 0 Å². The lowest BCUT2D eigenvalue weighted by Crippen LogP contribution is -2.10. The quantitative estimate of drug-likeness (QED) is 0.155. The number of benzene rings is 10. The molecular weight excluding hydrogens is 775 g/mol. The van der Waals surface area contributed by atoms with Crippen molar-refractivity contribution in [1.82, 2.24) is 0 Å². The van der Waals surface area contributed by atoms with E-state index in [4.69, 9.17) is 0 Å². The van der Waals surface area contributed by atoms with Crippen molar-refractivity contribution < 1.29 is 0 Å². The summed E-state index contributed by atoms with van der Waals surface area (Å²) in [7, 11) is 0. The summed E-state index contributed by atoms with van der Waals surface area (Å²) in [4.78, 5) is 2.40. The monoisotopic (exact) mass is 811 g/mol. The number of rotatable bonds is 7. The predicted molar refractivity (Wildman–Crippen MR) is 266 cm³/mol. The highest BCUT2D eigenvalue weighted by atomic mass is 32.1. The van der Waals surface area contributed by atoms with Crippen LogP contribution < -0.4 is 4.90 Å². The van der Waals surface area contributed by atoms with Crippen LogP contribution in [0.4, 0.5) is 17.1 Å². The molecule has 61 heavy (non-hydrogen) atoms. The molecule has 0 amide bonds. The summed E-state index contributed by atoms with van der Waals surface area (Å²) in [5.74, 6) is 0. The second kappa shape index (κ2) is 14.8. The fourth-order valence-corrected chi connectivity index (χ4v) is 11.6. The molecule has 0 spiro atoms. The van der Waals surface area contributed by atoms with Gasteiger partial charge in [-0.3, -0.25) is 0 Å². The minimum Gasteiger partial charge on any atom is -0.310 e. The Morgan fingerprint density at radius 3 is 1.30 bits per heavy atom. The Labute approximate surface area is 362 Å². The Bertz CT molecular complexity index is 3440. The third-order valence-electron chi connectivity index (χ3n) is 12.1. The third-order valence-corrected chi connectivity index (χ3v) is 14.5. The van der Waals surface area contributed by atoms with Crippen LogP contribution in [0.1, 0.15) is 0 Å². The Morgan fingerprint density at radius 1 is 0.279 bits per heavy atom. The number of fused-ring (bicyclic) bond motifs is 7. The molecule has 0 aliphatic carbocycles. The minimum absolute atomic E-state index is 1.11. The lowest BCUT2D eigenvalue weighted by atomic mass is 9.92. The number of hydrogen-bond donors (Lipinski definition) is 0. The summed E-state index contributed by atoms with van der Waals surface area (Å²) in [6.07, 6.45) is 0. The molecule has 0 fully saturated rings. The number of hydrogen-bond acceptors (Lipinski definition) is 3. The van der Waals surface area contributed by atoms with E-state index in [9.17, 15) is 0 Å². The topological polar surface area (TPSA) is 3.24 Å². The van der Waals surface area contributed by atoms with Gasteiger partial charge in [0.25, 0.3) is 0 Å².